The Hall–Kier alpha value is -3.22. The predicted molar refractivity (Wildman–Crippen MR) is 127 cm³/mol. The SMILES string of the molecule is O=C(O)[C@H](Cc1ccccc1)S(=O)(=O)N1CC=C(c2ccc(-c3ccccc3)cc2)CC1. The molecule has 1 aliphatic heterocycles. The maximum atomic E-state index is 13.1. The van der Waals surface area contributed by atoms with Gasteiger partial charge in [-0.05, 0) is 34.2 Å². The van der Waals surface area contributed by atoms with Gasteiger partial charge in [0.2, 0.25) is 10.0 Å². The first-order chi connectivity index (χ1) is 15.4. The molecule has 1 heterocycles. The Morgan fingerprint density at radius 1 is 0.844 bits per heavy atom. The van der Waals surface area contributed by atoms with Crippen molar-refractivity contribution >= 4 is 21.6 Å². The molecular weight excluding hydrogens is 422 g/mol. The second-order valence-electron chi connectivity index (χ2n) is 7.84. The van der Waals surface area contributed by atoms with Gasteiger partial charge in [-0.25, -0.2) is 8.42 Å². The van der Waals surface area contributed by atoms with Gasteiger partial charge in [-0.15, -0.1) is 0 Å². The molecular formula is C26H25NO4S. The smallest absolute Gasteiger partial charge is 0.323 e. The molecule has 164 valence electrons. The lowest BCUT2D eigenvalue weighted by Crippen LogP contribution is -2.45. The summed E-state index contributed by atoms with van der Waals surface area (Å²) in [5, 5.41) is 8.13. The summed E-state index contributed by atoms with van der Waals surface area (Å²) in [6.45, 7) is 0.448. The molecule has 1 N–H and O–H groups in total. The van der Waals surface area contributed by atoms with Gasteiger partial charge < -0.3 is 5.11 Å². The molecule has 1 atom stereocenters. The molecule has 0 aromatic heterocycles. The van der Waals surface area contributed by atoms with Crippen LogP contribution in [-0.4, -0.2) is 42.1 Å². The van der Waals surface area contributed by atoms with E-state index in [9.17, 15) is 18.3 Å². The molecule has 0 aliphatic carbocycles. The van der Waals surface area contributed by atoms with Gasteiger partial charge in [0.1, 0.15) is 0 Å². The molecule has 4 rings (SSSR count). The molecule has 0 unspecified atom stereocenters. The summed E-state index contributed by atoms with van der Waals surface area (Å²) < 4.78 is 27.5. The molecule has 0 radical (unpaired) electrons. The number of hydrogen-bond donors (Lipinski definition) is 1. The van der Waals surface area contributed by atoms with Crippen LogP contribution in [0.25, 0.3) is 16.7 Å². The summed E-state index contributed by atoms with van der Waals surface area (Å²) in [4.78, 5) is 11.8. The summed E-state index contributed by atoms with van der Waals surface area (Å²) in [5.74, 6) is -1.32. The van der Waals surface area contributed by atoms with Crippen molar-refractivity contribution in [2.75, 3.05) is 13.1 Å². The van der Waals surface area contributed by atoms with E-state index in [1.54, 1.807) is 24.3 Å². The van der Waals surface area contributed by atoms with Crippen molar-refractivity contribution in [1.29, 1.82) is 0 Å². The first kappa shape index (κ1) is 22.0. The van der Waals surface area contributed by atoms with Gasteiger partial charge in [0.15, 0.2) is 5.25 Å². The van der Waals surface area contributed by atoms with Crippen molar-refractivity contribution in [3.05, 3.63) is 102 Å². The minimum atomic E-state index is -3.98. The largest absolute Gasteiger partial charge is 0.480 e. The van der Waals surface area contributed by atoms with Gasteiger partial charge in [-0.1, -0.05) is 91.0 Å². The Morgan fingerprint density at radius 3 is 1.97 bits per heavy atom. The van der Waals surface area contributed by atoms with Crippen molar-refractivity contribution in [3.8, 4) is 11.1 Å². The number of sulfonamides is 1. The summed E-state index contributed by atoms with van der Waals surface area (Å²) >= 11 is 0. The van der Waals surface area contributed by atoms with E-state index in [4.69, 9.17) is 0 Å². The number of hydrogen-bond acceptors (Lipinski definition) is 3. The van der Waals surface area contributed by atoms with Crippen molar-refractivity contribution in [1.82, 2.24) is 4.31 Å². The van der Waals surface area contributed by atoms with Crippen LogP contribution < -0.4 is 0 Å². The lowest BCUT2D eigenvalue weighted by atomic mass is 9.97. The number of rotatable bonds is 7. The lowest BCUT2D eigenvalue weighted by Gasteiger charge is -2.28. The van der Waals surface area contributed by atoms with E-state index in [1.165, 1.54) is 4.31 Å². The van der Waals surface area contributed by atoms with Crippen molar-refractivity contribution in [2.45, 2.75) is 18.1 Å². The zero-order chi connectivity index (χ0) is 22.6. The van der Waals surface area contributed by atoms with Crippen LogP contribution in [0.3, 0.4) is 0 Å². The van der Waals surface area contributed by atoms with Crippen LogP contribution in [0, 0.1) is 0 Å². The minimum absolute atomic E-state index is 0.0491. The average molecular weight is 448 g/mol. The third-order valence-corrected chi connectivity index (χ3v) is 7.93. The molecule has 0 bridgehead atoms. The fourth-order valence-corrected chi connectivity index (χ4v) is 5.63. The van der Waals surface area contributed by atoms with E-state index in [0.29, 0.717) is 12.0 Å². The molecule has 0 fully saturated rings. The van der Waals surface area contributed by atoms with Gasteiger partial charge >= 0.3 is 5.97 Å². The predicted octanol–water partition coefficient (Wildman–Crippen LogP) is 4.47. The van der Waals surface area contributed by atoms with Gasteiger partial charge in [-0.3, -0.25) is 4.79 Å². The van der Waals surface area contributed by atoms with Gasteiger partial charge in [0.05, 0.1) is 0 Å². The zero-order valence-corrected chi connectivity index (χ0v) is 18.4. The normalized spacial score (nSPS) is 15.7. The lowest BCUT2D eigenvalue weighted by molar-refractivity contribution is -0.136. The van der Waals surface area contributed by atoms with Crippen LogP contribution in [-0.2, 0) is 21.2 Å². The van der Waals surface area contributed by atoms with Crippen LogP contribution in [0.4, 0.5) is 0 Å². The Balaban J connectivity index is 1.48. The van der Waals surface area contributed by atoms with Crippen LogP contribution in [0.15, 0.2) is 91.0 Å². The second-order valence-corrected chi connectivity index (χ2v) is 9.96. The first-order valence-electron chi connectivity index (χ1n) is 10.6. The second kappa shape index (κ2) is 9.51. The maximum absolute atomic E-state index is 13.1. The summed E-state index contributed by atoms with van der Waals surface area (Å²) in [5.41, 5.74) is 5.09. The molecule has 3 aromatic carbocycles. The molecule has 0 saturated heterocycles. The van der Waals surface area contributed by atoms with Crippen LogP contribution in [0.1, 0.15) is 17.5 Å². The van der Waals surface area contributed by atoms with E-state index in [1.807, 2.05) is 42.5 Å². The monoisotopic (exact) mass is 447 g/mol. The molecule has 32 heavy (non-hydrogen) atoms. The molecule has 0 spiro atoms. The number of carboxylic acids is 1. The molecule has 3 aromatic rings. The first-order valence-corrected chi connectivity index (χ1v) is 12.1. The van der Waals surface area contributed by atoms with Gasteiger partial charge in [0, 0.05) is 19.5 Å². The van der Waals surface area contributed by atoms with E-state index >= 15 is 0 Å². The summed E-state index contributed by atoms with van der Waals surface area (Å²) in [6.07, 6.45) is 2.38. The molecule has 6 heteroatoms. The van der Waals surface area contributed by atoms with Crippen molar-refractivity contribution in [3.63, 3.8) is 0 Å². The van der Waals surface area contributed by atoms with Crippen LogP contribution in [0.2, 0.25) is 0 Å². The van der Waals surface area contributed by atoms with Crippen molar-refractivity contribution in [2.24, 2.45) is 0 Å². The molecule has 5 nitrogen and oxygen atoms in total. The quantitative estimate of drug-likeness (QED) is 0.580. The maximum Gasteiger partial charge on any atom is 0.323 e. The van der Waals surface area contributed by atoms with E-state index in [-0.39, 0.29) is 19.5 Å². The third-order valence-electron chi connectivity index (χ3n) is 5.79. The Morgan fingerprint density at radius 2 is 1.41 bits per heavy atom. The van der Waals surface area contributed by atoms with E-state index < -0.39 is 21.2 Å². The highest BCUT2D eigenvalue weighted by atomic mass is 32.2. The average Bonchev–Trinajstić information content (AvgIpc) is 2.84. The standard InChI is InChI=1S/C26H25NO4S/c28-26(29)25(19-20-7-3-1-4-8-20)32(30,31)27-17-15-24(16-18-27)23-13-11-22(12-14-23)21-9-5-2-6-10-21/h1-15,25H,16-19H2,(H,28,29)/t25-/m0/s1. The summed E-state index contributed by atoms with van der Waals surface area (Å²) in [6, 6.07) is 27.2. The molecule has 0 amide bonds. The minimum Gasteiger partial charge on any atom is -0.480 e. The highest BCUT2D eigenvalue weighted by molar-refractivity contribution is 7.90. The third kappa shape index (κ3) is 4.82. The Bertz CT molecular complexity index is 1200. The number of carboxylic acid groups (broad SMARTS) is 1. The highest BCUT2D eigenvalue weighted by Crippen LogP contribution is 2.28. The number of aliphatic carboxylic acids is 1. The highest BCUT2D eigenvalue weighted by Gasteiger charge is 2.38. The van der Waals surface area contributed by atoms with Gasteiger partial charge in [-0.2, -0.15) is 4.31 Å². The zero-order valence-electron chi connectivity index (χ0n) is 17.6. The number of benzene rings is 3. The van der Waals surface area contributed by atoms with Crippen molar-refractivity contribution < 1.29 is 18.3 Å². The van der Waals surface area contributed by atoms with Crippen LogP contribution >= 0.6 is 0 Å². The summed E-state index contributed by atoms with van der Waals surface area (Å²) in [7, 11) is -3.98. The van der Waals surface area contributed by atoms with E-state index in [2.05, 4.69) is 24.3 Å². The Kier molecular flexibility index (Phi) is 6.53. The fraction of sp³-hybridized carbons (Fsp3) is 0.192. The molecule has 1 aliphatic rings. The van der Waals surface area contributed by atoms with E-state index in [0.717, 1.165) is 22.3 Å². The molecule has 0 saturated carbocycles. The topological polar surface area (TPSA) is 74.7 Å². The fourth-order valence-electron chi connectivity index (χ4n) is 3.98. The Labute approximate surface area is 188 Å². The van der Waals surface area contributed by atoms with Crippen LogP contribution in [0.5, 0.6) is 0 Å². The van der Waals surface area contributed by atoms with Gasteiger partial charge in [0.25, 0.3) is 0 Å². The number of carbonyl (C=O) groups is 1. The number of nitrogens with zero attached hydrogens (tertiary/aromatic N) is 1.